The van der Waals surface area contributed by atoms with Crippen LogP contribution in [0, 0.1) is 0 Å². The Bertz CT molecular complexity index is 1110. The molecule has 1 unspecified atom stereocenters. The van der Waals surface area contributed by atoms with Gasteiger partial charge in [0.25, 0.3) is 0 Å². The third-order valence-corrected chi connectivity index (χ3v) is 11.2. The molecule has 0 spiro atoms. The van der Waals surface area contributed by atoms with E-state index in [1.54, 1.807) is 0 Å². The van der Waals surface area contributed by atoms with Gasteiger partial charge in [-0.15, -0.1) is 0 Å². The molecule has 0 aliphatic heterocycles. The van der Waals surface area contributed by atoms with E-state index >= 15 is 0 Å². The zero-order valence-electron chi connectivity index (χ0n) is 41.1. The van der Waals surface area contributed by atoms with Crippen molar-refractivity contribution in [2.24, 2.45) is 0 Å². The van der Waals surface area contributed by atoms with Crippen LogP contribution >= 0.6 is 0 Å². The molecule has 0 N–H and O–H groups in total. The highest BCUT2D eigenvalue weighted by molar-refractivity contribution is 5.70. The van der Waals surface area contributed by atoms with E-state index in [0.29, 0.717) is 19.4 Å². The topological polar surface area (TPSA) is 61.8 Å². The molecule has 0 bridgehead atoms. The van der Waals surface area contributed by atoms with Crippen LogP contribution in [0.15, 0.2) is 72.9 Å². The van der Waals surface area contributed by atoms with Crippen LogP contribution in [0.1, 0.15) is 252 Å². The third-order valence-electron chi connectivity index (χ3n) is 11.2. The lowest BCUT2D eigenvalue weighted by Crippen LogP contribution is -2.30. The lowest BCUT2D eigenvalue weighted by Gasteiger charge is -2.18. The fourth-order valence-corrected chi connectivity index (χ4v) is 7.23. The number of rotatable bonds is 48. The minimum Gasteiger partial charge on any atom is -0.462 e. The molecule has 5 nitrogen and oxygen atoms in total. The Morgan fingerprint density at radius 3 is 1.11 bits per heavy atom. The quantitative estimate of drug-likeness (QED) is 0.0346. The Labute approximate surface area is 385 Å². The molecule has 0 heterocycles. The molecule has 0 aromatic rings. The van der Waals surface area contributed by atoms with Crippen molar-refractivity contribution >= 4 is 11.9 Å². The molecule has 62 heavy (non-hydrogen) atoms. The fourth-order valence-electron chi connectivity index (χ4n) is 7.23. The number of allylic oxidation sites excluding steroid dienone is 12. The van der Waals surface area contributed by atoms with Crippen LogP contribution in [0.25, 0.3) is 0 Å². The molecule has 0 rings (SSSR count). The Morgan fingerprint density at radius 1 is 0.355 bits per heavy atom. The van der Waals surface area contributed by atoms with Gasteiger partial charge in [-0.1, -0.05) is 216 Å². The van der Waals surface area contributed by atoms with Crippen molar-refractivity contribution in [3.8, 4) is 0 Å². The summed E-state index contributed by atoms with van der Waals surface area (Å²) >= 11 is 0. The second-order valence-corrected chi connectivity index (χ2v) is 17.4. The van der Waals surface area contributed by atoms with Crippen molar-refractivity contribution in [1.29, 1.82) is 0 Å². The Balaban J connectivity index is 4.15. The second-order valence-electron chi connectivity index (χ2n) is 17.4. The number of hydrogen-bond donors (Lipinski definition) is 0. The van der Waals surface area contributed by atoms with E-state index in [1.165, 1.54) is 135 Å². The molecule has 0 saturated heterocycles. The van der Waals surface area contributed by atoms with Gasteiger partial charge in [-0.25, -0.2) is 0 Å². The highest BCUT2D eigenvalue weighted by Crippen LogP contribution is 2.13. The molecule has 0 aromatic carbocycles. The molecule has 0 fully saturated rings. The van der Waals surface area contributed by atoms with E-state index in [2.05, 4.69) is 93.7 Å². The number of carbonyl (C=O) groups is 2. The van der Waals surface area contributed by atoms with E-state index in [9.17, 15) is 9.59 Å². The van der Waals surface area contributed by atoms with Gasteiger partial charge in [-0.05, 0) is 96.3 Å². The van der Waals surface area contributed by atoms with Crippen molar-refractivity contribution in [1.82, 2.24) is 0 Å². The van der Waals surface area contributed by atoms with Crippen molar-refractivity contribution in [3.05, 3.63) is 72.9 Å². The van der Waals surface area contributed by atoms with Crippen LogP contribution in [0.2, 0.25) is 0 Å². The van der Waals surface area contributed by atoms with E-state index in [-0.39, 0.29) is 25.2 Å². The Hall–Kier alpha value is -2.66. The normalized spacial score (nSPS) is 12.8. The standard InChI is InChI=1S/C57H100O5/c1-4-7-10-13-16-18-20-22-24-26-28-30-32-34-36-38-40-43-46-49-52-60-53-55(62-57(59)51-48-45-41-15-12-9-6-3)54-61-56(58)50-47-44-42-39-37-35-33-31-29-27-25-23-21-19-17-14-11-8-5-2/h16-19,22-25,28-31,55H,4-15,20-21,26-27,32-54H2,1-3H3/b18-16-,19-17-,24-22-,25-23-,30-28-,31-29-. The van der Waals surface area contributed by atoms with Crippen molar-refractivity contribution in [2.75, 3.05) is 19.8 Å². The fraction of sp³-hybridized carbons (Fsp3) is 0.754. The van der Waals surface area contributed by atoms with Gasteiger partial charge in [0.15, 0.2) is 6.10 Å². The molecule has 0 aliphatic rings. The SMILES string of the molecule is CCCCC/C=C\C/C=C\C/C=C\CCCCCCCCCOCC(COC(=O)CCCCCCCC/C=C\C/C=C\C/C=C\CCCCC)OC(=O)CCCCCCCCC. The average molecular weight is 865 g/mol. The summed E-state index contributed by atoms with van der Waals surface area (Å²) in [6, 6.07) is 0. The first-order valence-corrected chi connectivity index (χ1v) is 26.5. The van der Waals surface area contributed by atoms with Crippen molar-refractivity contribution < 1.29 is 23.8 Å². The minimum atomic E-state index is -0.546. The number of carbonyl (C=O) groups excluding carboxylic acids is 2. The van der Waals surface area contributed by atoms with Crippen LogP contribution in [-0.2, 0) is 23.8 Å². The molecule has 5 heteroatoms. The summed E-state index contributed by atoms with van der Waals surface area (Å²) in [6.45, 7) is 7.72. The molecule has 1 atom stereocenters. The Morgan fingerprint density at radius 2 is 0.677 bits per heavy atom. The summed E-state index contributed by atoms with van der Waals surface area (Å²) in [4.78, 5) is 25.3. The summed E-state index contributed by atoms with van der Waals surface area (Å²) in [5.41, 5.74) is 0. The molecule has 358 valence electrons. The second kappa shape index (κ2) is 52.7. The van der Waals surface area contributed by atoms with E-state index in [1.807, 2.05) is 0 Å². The number of hydrogen-bond acceptors (Lipinski definition) is 5. The van der Waals surface area contributed by atoms with Crippen LogP contribution in [0.5, 0.6) is 0 Å². The zero-order valence-corrected chi connectivity index (χ0v) is 41.1. The van der Waals surface area contributed by atoms with Crippen LogP contribution in [-0.4, -0.2) is 37.9 Å². The van der Waals surface area contributed by atoms with Gasteiger partial charge in [0.2, 0.25) is 0 Å². The van der Waals surface area contributed by atoms with Crippen LogP contribution < -0.4 is 0 Å². The maximum Gasteiger partial charge on any atom is 0.306 e. The van der Waals surface area contributed by atoms with E-state index in [4.69, 9.17) is 14.2 Å². The van der Waals surface area contributed by atoms with Crippen molar-refractivity contribution in [2.45, 2.75) is 258 Å². The smallest absolute Gasteiger partial charge is 0.306 e. The maximum atomic E-state index is 12.7. The van der Waals surface area contributed by atoms with Crippen LogP contribution in [0.3, 0.4) is 0 Å². The highest BCUT2D eigenvalue weighted by Gasteiger charge is 2.17. The van der Waals surface area contributed by atoms with Gasteiger partial charge in [0.05, 0.1) is 6.61 Å². The summed E-state index contributed by atoms with van der Waals surface area (Å²) in [5, 5.41) is 0. The lowest BCUT2D eigenvalue weighted by atomic mass is 10.1. The largest absolute Gasteiger partial charge is 0.462 e. The molecule has 0 saturated carbocycles. The predicted molar refractivity (Wildman–Crippen MR) is 270 cm³/mol. The number of ether oxygens (including phenoxy) is 3. The third kappa shape index (κ3) is 50.0. The number of esters is 2. The molecule has 0 aliphatic carbocycles. The zero-order chi connectivity index (χ0) is 44.9. The van der Waals surface area contributed by atoms with Gasteiger partial charge >= 0.3 is 11.9 Å². The molecule has 0 amide bonds. The molecule has 0 radical (unpaired) electrons. The summed E-state index contributed by atoms with van der Waals surface area (Å²) in [5.74, 6) is -0.420. The predicted octanol–water partition coefficient (Wildman–Crippen LogP) is 17.9. The van der Waals surface area contributed by atoms with E-state index in [0.717, 1.165) is 83.5 Å². The maximum absolute atomic E-state index is 12.7. The van der Waals surface area contributed by atoms with E-state index < -0.39 is 6.10 Å². The molecular formula is C57H100O5. The minimum absolute atomic E-state index is 0.0732. The first-order valence-electron chi connectivity index (χ1n) is 26.5. The first kappa shape index (κ1) is 59.3. The summed E-state index contributed by atoms with van der Waals surface area (Å²) in [7, 11) is 0. The number of unbranched alkanes of at least 4 members (excludes halogenated alkanes) is 25. The average Bonchev–Trinajstić information content (AvgIpc) is 3.27. The lowest BCUT2D eigenvalue weighted by molar-refractivity contribution is -0.163. The monoisotopic (exact) mass is 865 g/mol. The van der Waals surface area contributed by atoms with Gasteiger partial charge in [-0.2, -0.15) is 0 Å². The first-order chi connectivity index (χ1) is 30.6. The molecule has 0 aromatic heterocycles. The van der Waals surface area contributed by atoms with Crippen molar-refractivity contribution in [3.63, 3.8) is 0 Å². The molecular weight excluding hydrogens is 765 g/mol. The van der Waals surface area contributed by atoms with Gasteiger partial charge in [0.1, 0.15) is 6.61 Å². The Kier molecular flexibility index (Phi) is 50.4. The van der Waals surface area contributed by atoms with Crippen LogP contribution in [0.4, 0.5) is 0 Å². The van der Waals surface area contributed by atoms with Gasteiger partial charge in [-0.3, -0.25) is 9.59 Å². The van der Waals surface area contributed by atoms with Gasteiger partial charge in [0, 0.05) is 19.4 Å². The summed E-state index contributed by atoms with van der Waals surface area (Å²) < 4.78 is 17.3. The van der Waals surface area contributed by atoms with Gasteiger partial charge < -0.3 is 14.2 Å². The highest BCUT2D eigenvalue weighted by atomic mass is 16.6. The summed E-state index contributed by atoms with van der Waals surface area (Å²) in [6.07, 6.45) is 67.8.